The maximum Gasteiger partial charge on any atom is 0.217 e. The van der Waals surface area contributed by atoms with Gasteiger partial charge in [-0.2, -0.15) is 0 Å². The van der Waals surface area contributed by atoms with Gasteiger partial charge in [-0.15, -0.1) is 0 Å². The smallest absolute Gasteiger partial charge is 0.217 e. The lowest BCUT2D eigenvalue weighted by molar-refractivity contribution is -0.332. The van der Waals surface area contributed by atoms with E-state index in [0.717, 1.165) is 0 Å². The van der Waals surface area contributed by atoms with E-state index in [1.54, 1.807) is 0 Å². The number of carbonyl (C=O) groups excluding carboxylic acids is 1. The van der Waals surface area contributed by atoms with E-state index in [2.05, 4.69) is 5.32 Å². The number of ether oxygens (including phenoxy) is 3. The molecule has 2 heterocycles. The Morgan fingerprint density at radius 2 is 1.68 bits per heavy atom. The van der Waals surface area contributed by atoms with Crippen LogP contribution in [-0.4, -0.2) is 111 Å². The zero-order chi connectivity index (χ0) is 18.7. The molecule has 7 N–H and O–H groups in total. The second kappa shape index (κ2) is 8.66. The predicted octanol–water partition coefficient (Wildman–Crippen LogP) is -4.57. The number of aliphatic hydroxyl groups excluding tert-OH is 6. The van der Waals surface area contributed by atoms with E-state index < -0.39 is 74.2 Å². The van der Waals surface area contributed by atoms with Gasteiger partial charge in [-0.25, -0.2) is 0 Å². The molecule has 0 aromatic rings. The summed E-state index contributed by atoms with van der Waals surface area (Å²) in [6.45, 7) is 0.0667. The summed E-state index contributed by atoms with van der Waals surface area (Å²) < 4.78 is 16.1. The Labute approximate surface area is 143 Å². The maximum atomic E-state index is 11.2. The Morgan fingerprint density at radius 1 is 1.04 bits per heavy atom. The minimum absolute atomic E-state index is 0.0550. The largest absolute Gasteiger partial charge is 0.394 e. The highest BCUT2D eigenvalue weighted by Gasteiger charge is 2.48. The Balaban J connectivity index is 2.12. The molecule has 2 fully saturated rings. The fourth-order valence-corrected chi connectivity index (χ4v) is 2.92. The minimum Gasteiger partial charge on any atom is -0.394 e. The van der Waals surface area contributed by atoms with Crippen LogP contribution in [0.1, 0.15) is 6.92 Å². The summed E-state index contributed by atoms with van der Waals surface area (Å²) in [5.41, 5.74) is 0. The lowest BCUT2D eigenvalue weighted by atomic mass is 9.96. The Morgan fingerprint density at radius 3 is 2.24 bits per heavy atom. The van der Waals surface area contributed by atoms with Crippen LogP contribution in [0.15, 0.2) is 0 Å². The molecule has 146 valence electrons. The van der Waals surface area contributed by atoms with Gasteiger partial charge >= 0.3 is 0 Å². The van der Waals surface area contributed by atoms with Crippen molar-refractivity contribution in [3.63, 3.8) is 0 Å². The lowest BCUT2D eigenvalue weighted by Crippen LogP contribution is -2.64. The van der Waals surface area contributed by atoms with Gasteiger partial charge in [0.15, 0.2) is 6.29 Å². The topological polar surface area (TPSA) is 178 Å². The standard InChI is InChI=1S/C14H25NO10/c1-5(18)15-6-4-23-8(3-17)13(9(6)19)25-14-12(22)11(21)10(20)7(2-16)24-14/h6-14,16-17,19-22H,2-4H2,1H3,(H,15,18)/t6-,7+,8+,9+,10+,11-,12-,13+,14-/m0/s1. The van der Waals surface area contributed by atoms with E-state index in [-0.39, 0.29) is 6.61 Å². The summed E-state index contributed by atoms with van der Waals surface area (Å²) in [6.07, 6.45) is -11.0. The molecule has 0 saturated carbocycles. The van der Waals surface area contributed by atoms with Gasteiger partial charge in [-0.3, -0.25) is 4.79 Å². The molecule has 11 heteroatoms. The third-order valence-electron chi connectivity index (χ3n) is 4.31. The van der Waals surface area contributed by atoms with Gasteiger partial charge in [-0.05, 0) is 0 Å². The van der Waals surface area contributed by atoms with E-state index in [1.165, 1.54) is 6.92 Å². The number of aliphatic hydroxyl groups is 6. The Bertz CT molecular complexity index is 449. The molecule has 0 aliphatic carbocycles. The summed E-state index contributed by atoms with van der Waals surface area (Å²) >= 11 is 0. The number of rotatable bonds is 5. The molecule has 0 aromatic heterocycles. The highest BCUT2D eigenvalue weighted by Crippen LogP contribution is 2.27. The van der Waals surface area contributed by atoms with Gasteiger partial charge < -0.3 is 50.2 Å². The average molecular weight is 367 g/mol. The van der Waals surface area contributed by atoms with Gasteiger partial charge in [0.1, 0.15) is 42.7 Å². The summed E-state index contributed by atoms with van der Waals surface area (Å²) in [6, 6.07) is -0.810. The second-order valence-corrected chi connectivity index (χ2v) is 6.15. The van der Waals surface area contributed by atoms with E-state index in [0.29, 0.717) is 0 Å². The number of carbonyl (C=O) groups is 1. The van der Waals surface area contributed by atoms with Crippen molar-refractivity contribution < 1.29 is 49.6 Å². The first-order valence-electron chi connectivity index (χ1n) is 7.93. The first kappa shape index (κ1) is 20.4. The highest BCUT2D eigenvalue weighted by atomic mass is 16.7. The van der Waals surface area contributed by atoms with Gasteiger partial charge in [0.2, 0.25) is 5.91 Å². The molecule has 2 aliphatic heterocycles. The van der Waals surface area contributed by atoms with Crippen molar-refractivity contribution >= 4 is 5.91 Å². The number of nitrogens with one attached hydrogen (secondary N) is 1. The lowest BCUT2D eigenvalue weighted by Gasteiger charge is -2.45. The van der Waals surface area contributed by atoms with Crippen LogP contribution in [0.25, 0.3) is 0 Å². The van der Waals surface area contributed by atoms with Crippen molar-refractivity contribution in [1.29, 1.82) is 0 Å². The first-order chi connectivity index (χ1) is 11.8. The molecule has 9 atom stereocenters. The zero-order valence-electron chi connectivity index (χ0n) is 13.6. The van der Waals surface area contributed by atoms with Crippen LogP contribution in [0.2, 0.25) is 0 Å². The molecule has 1 amide bonds. The van der Waals surface area contributed by atoms with Crippen LogP contribution in [0, 0.1) is 0 Å². The van der Waals surface area contributed by atoms with Gasteiger partial charge in [0.25, 0.3) is 0 Å². The molecule has 0 aromatic carbocycles. The molecule has 11 nitrogen and oxygen atoms in total. The van der Waals surface area contributed by atoms with Gasteiger partial charge in [0.05, 0.1) is 25.9 Å². The molecule has 0 spiro atoms. The monoisotopic (exact) mass is 367 g/mol. The third kappa shape index (κ3) is 4.45. The van der Waals surface area contributed by atoms with Crippen LogP contribution in [0.5, 0.6) is 0 Å². The molecule has 0 radical (unpaired) electrons. The zero-order valence-corrected chi connectivity index (χ0v) is 13.6. The number of hydrogen-bond donors (Lipinski definition) is 7. The van der Waals surface area contributed by atoms with Crippen LogP contribution in [0.3, 0.4) is 0 Å². The molecular formula is C14H25NO10. The van der Waals surface area contributed by atoms with Crippen molar-refractivity contribution in [1.82, 2.24) is 5.32 Å². The predicted molar refractivity (Wildman–Crippen MR) is 79.1 cm³/mol. The highest BCUT2D eigenvalue weighted by molar-refractivity contribution is 5.73. The van der Waals surface area contributed by atoms with E-state index in [4.69, 9.17) is 14.2 Å². The molecule has 2 saturated heterocycles. The van der Waals surface area contributed by atoms with E-state index in [1.807, 2.05) is 0 Å². The SMILES string of the molecule is CC(=O)N[C@H]1CO[C@H](CO)[C@@H](O[C@@H]2O[C@H](CO)[C@@H](O)[C@H](O)[C@@H]2O)[C@@H]1O. The van der Waals surface area contributed by atoms with Crippen molar-refractivity contribution in [2.75, 3.05) is 19.8 Å². The molecular weight excluding hydrogens is 342 g/mol. The molecule has 2 rings (SSSR count). The fraction of sp³-hybridized carbons (Fsp3) is 0.929. The van der Waals surface area contributed by atoms with Crippen LogP contribution < -0.4 is 5.32 Å². The van der Waals surface area contributed by atoms with Crippen molar-refractivity contribution in [3.05, 3.63) is 0 Å². The Hall–Kier alpha value is -0.890. The van der Waals surface area contributed by atoms with Crippen LogP contribution in [-0.2, 0) is 19.0 Å². The van der Waals surface area contributed by atoms with Crippen molar-refractivity contribution in [2.45, 2.75) is 62.0 Å². The average Bonchev–Trinajstić information content (AvgIpc) is 2.58. The summed E-state index contributed by atoms with van der Waals surface area (Å²) in [4.78, 5) is 11.2. The van der Waals surface area contributed by atoms with Crippen LogP contribution >= 0.6 is 0 Å². The minimum atomic E-state index is -1.66. The molecule has 0 unspecified atom stereocenters. The normalized spacial score (nSPS) is 45.2. The Kier molecular flexibility index (Phi) is 7.08. The van der Waals surface area contributed by atoms with E-state index in [9.17, 15) is 35.4 Å². The number of amides is 1. The summed E-state index contributed by atoms with van der Waals surface area (Å²) in [7, 11) is 0. The first-order valence-corrected chi connectivity index (χ1v) is 7.93. The third-order valence-corrected chi connectivity index (χ3v) is 4.31. The fourth-order valence-electron chi connectivity index (χ4n) is 2.92. The maximum absolute atomic E-state index is 11.2. The summed E-state index contributed by atoms with van der Waals surface area (Å²) in [5.74, 6) is -0.401. The molecule has 25 heavy (non-hydrogen) atoms. The molecule has 0 bridgehead atoms. The van der Waals surface area contributed by atoms with Crippen LogP contribution in [0.4, 0.5) is 0 Å². The van der Waals surface area contributed by atoms with Crippen molar-refractivity contribution in [3.8, 4) is 0 Å². The molecule has 2 aliphatic rings. The van der Waals surface area contributed by atoms with Gasteiger partial charge in [-0.1, -0.05) is 0 Å². The van der Waals surface area contributed by atoms with Gasteiger partial charge in [0, 0.05) is 6.92 Å². The second-order valence-electron chi connectivity index (χ2n) is 6.15. The van der Waals surface area contributed by atoms with E-state index >= 15 is 0 Å². The number of hydrogen-bond acceptors (Lipinski definition) is 10. The quantitative estimate of drug-likeness (QED) is 0.250. The van der Waals surface area contributed by atoms with Crippen molar-refractivity contribution in [2.24, 2.45) is 0 Å². The summed E-state index contributed by atoms with van der Waals surface area (Å²) in [5, 5.41) is 61.0.